The van der Waals surface area contributed by atoms with Crippen molar-refractivity contribution in [2.75, 3.05) is 19.7 Å². The standard InChI is InChI=1S/C15H26N2O2.ClH/c18-15(7-6-14-3-1-2-10-19-14)17-12-4-5-13(17)11-16-9-8-12;/h12-14,16H,1-11H2;1H. The van der Waals surface area contributed by atoms with E-state index < -0.39 is 0 Å². The molecule has 3 unspecified atom stereocenters. The molecule has 4 nitrogen and oxygen atoms in total. The molecule has 3 rings (SSSR count). The number of ether oxygens (including phenoxy) is 1. The van der Waals surface area contributed by atoms with Gasteiger partial charge in [-0.25, -0.2) is 0 Å². The smallest absolute Gasteiger partial charge is 0.223 e. The van der Waals surface area contributed by atoms with Crippen LogP contribution in [0.5, 0.6) is 0 Å². The molecule has 0 saturated carbocycles. The third-order valence-corrected chi connectivity index (χ3v) is 4.90. The largest absolute Gasteiger partial charge is 0.378 e. The van der Waals surface area contributed by atoms with Gasteiger partial charge in [0.15, 0.2) is 0 Å². The molecule has 5 heteroatoms. The number of carbonyl (C=O) groups is 1. The van der Waals surface area contributed by atoms with Crippen LogP contribution in [-0.4, -0.2) is 48.7 Å². The second-order valence-electron chi connectivity index (χ2n) is 6.21. The Morgan fingerprint density at radius 3 is 2.80 bits per heavy atom. The zero-order valence-corrected chi connectivity index (χ0v) is 13.0. The van der Waals surface area contributed by atoms with Gasteiger partial charge in [0.1, 0.15) is 0 Å². The van der Waals surface area contributed by atoms with Crippen LogP contribution in [0.4, 0.5) is 0 Å². The SMILES string of the molecule is Cl.O=C(CCC1CCCCO1)N1C2CCNCC1CC2. The first kappa shape index (κ1) is 16.1. The molecular formula is C15H27ClN2O2. The van der Waals surface area contributed by atoms with Crippen LogP contribution in [-0.2, 0) is 9.53 Å². The van der Waals surface area contributed by atoms with E-state index in [2.05, 4.69) is 10.2 Å². The van der Waals surface area contributed by atoms with Crippen molar-refractivity contribution in [1.29, 1.82) is 0 Å². The molecule has 116 valence electrons. The van der Waals surface area contributed by atoms with Crippen LogP contribution in [0.25, 0.3) is 0 Å². The van der Waals surface area contributed by atoms with Gasteiger partial charge >= 0.3 is 0 Å². The molecule has 3 atom stereocenters. The van der Waals surface area contributed by atoms with Gasteiger partial charge in [0, 0.05) is 31.7 Å². The predicted octanol–water partition coefficient (Wildman–Crippen LogP) is 2.11. The Labute approximate surface area is 128 Å². The normalized spacial score (nSPS) is 33.4. The Hall–Kier alpha value is -0.320. The fourth-order valence-electron chi connectivity index (χ4n) is 3.84. The molecule has 0 aromatic carbocycles. The van der Waals surface area contributed by atoms with Crippen molar-refractivity contribution in [3.05, 3.63) is 0 Å². The number of halogens is 1. The highest BCUT2D eigenvalue weighted by molar-refractivity contribution is 5.85. The van der Waals surface area contributed by atoms with Crippen molar-refractivity contribution >= 4 is 18.3 Å². The molecule has 0 aromatic heterocycles. The minimum absolute atomic E-state index is 0. The third-order valence-electron chi connectivity index (χ3n) is 4.90. The molecule has 3 heterocycles. The maximum atomic E-state index is 12.5. The number of amides is 1. The summed E-state index contributed by atoms with van der Waals surface area (Å²) < 4.78 is 5.73. The van der Waals surface area contributed by atoms with E-state index in [0.29, 0.717) is 30.5 Å². The maximum Gasteiger partial charge on any atom is 0.223 e. The minimum atomic E-state index is 0. The van der Waals surface area contributed by atoms with Crippen molar-refractivity contribution in [2.24, 2.45) is 0 Å². The lowest BCUT2D eigenvalue weighted by atomic mass is 10.0. The molecular weight excluding hydrogens is 276 g/mol. The second-order valence-corrected chi connectivity index (χ2v) is 6.21. The summed E-state index contributed by atoms with van der Waals surface area (Å²) >= 11 is 0. The summed E-state index contributed by atoms with van der Waals surface area (Å²) in [6, 6.07) is 0.951. The van der Waals surface area contributed by atoms with E-state index in [-0.39, 0.29) is 12.4 Å². The zero-order valence-electron chi connectivity index (χ0n) is 12.2. The number of fused-ring (bicyclic) bond motifs is 2. The number of carbonyl (C=O) groups excluding carboxylic acids is 1. The van der Waals surface area contributed by atoms with Crippen LogP contribution in [0, 0.1) is 0 Å². The van der Waals surface area contributed by atoms with E-state index in [1.165, 1.54) is 25.7 Å². The van der Waals surface area contributed by atoms with Gasteiger partial charge in [-0.2, -0.15) is 0 Å². The Kier molecular flexibility index (Phi) is 6.12. The van der Waals surface area contributed by atoms with Crippen LogP contribution in [0.15, 0.2) is 0 Å². The lowest BCUT2D eigenvalue weighted by molar-refractivity contribution is -0.134. The number of hydrogen-bond acceptors (Lipinski definition) is 3. The van der Waals surface area contributed by atoms with Crippen molar-refractivity contribution in [1.82, 2.24) is 10.2 Å². The summed E-state index contributed by atoms with van der Waals surface area (Å²) in [7, 11) is 0. The van der Waals surface area contributed by atoms with Gasteiger partial charge in [-0.15, -0.1) is 12.4 Å². The van der Waals surface area contributed by atoms with E-state index in [9.17, 15) is 4.79 Å². The molecule has 1 N–H and O–H groups in total. The first-order valence-corrected chi connectivity index (χ1v) is 7.98. The average Bonchev–Trinajstić information content (AvgIpc) is 2.71. The molecule has 0 aromatic rings. The maximum absolute atomic E-state index is 12.5. The third kappa shape index (κ3) is 3.66. The first-order chi connectivity index (χ1) is 9.34. The molecule has 3 saturated heterocycles. The van der Waals surface area contributed by atoms with Crippen LogP contribution in [0.2, 0.25) is 0 Å². The van der Waals surface area contributed by atoms with Crippen molar-refractivity contribution < 1.29 is 9.53 Å². The highest BCUT2D eigenvalue weighted by atomic mass is 35.5. The van der Waals surface area contributed by atoms with Gasteiger partial charge in [-0.1, -0.05) is 0 Å². The first-order valence-electron chi connectivity index (χ1n) is 7.98. The highest BCUT2D eigenvalue weighted by Gasteiger charge is 2.37. The van der Waals surface area contributed by atoms with Crippen LogP contribution >= 0.6 is 12.4 Å². The highest BCUT2D eigenvalue weighted by Crippen LogP contribution is 2.29. The van der Waals surface area contributed by atoms with Crippen LogP contribution < -0.4 is 5.32 Å². The molecule has 3 fully saturated rings. The van der Waals surface area contributed by atoms with Crippen LogP contribution in [0.3, 0.4) is 0 Å². The Morgan fingerprint density at radius 2 is 2.00 bits per heavy atom. The Balaban J connectivity index is 0.00000147. The van der Waals surface area contributed by atoms with Gasteiger partial charge in [0.25, 0.3) is 0 Å². The topological polar surface area (TPSA) is 41.6 Å². The summed E-state index contributed by atoms with van der Waals surface area (Å²) in [5, 5.41) is 3.45. The average molecular weight is 303 g/mol. The van der Waals surface area contributed by atoms with E-state index in [4.69, 9.17) is 4.74 Å². The van der Waals surface area contributed by atoms with Gasteiger partial charge in [0.05, 0.1) is 6.10 Å². The zero-order chi connectivity index (χ0) is 13.1. The lowest BCUT2D eigenvalue weighted by Gasteiger charge is -2.29. The summed E-state index contributed by atoms with van der Waals surface area (Å²) in [5.74, 6) is 0.366. The molecule has 1 amide bonds. The number of nitrogens with one attached hydrogen (secondary N) is 1. The second kappa shape index (κ2) is 7.62. The van der Waals surface area contributed by atoms with Gasteiger partial charge in [-0.3, -0.25) is 4.79 Å². The quantitative estimate of drug-likeness (QED) is 0.868. The fourth-order valence-corrected chi connectivity index (χ4v) is 3.84. The van der Waals surface area contributed by atoms with E-state index in [1.807, 2.05) is 0 Å². The monoisotopic (exact) mass is 302 g/mol. The molecule has 3 aliphatic heterocycles. The van der Waals surface area contributed by atoms with E-state index in [1.54, 1.807) is 0 Å². The molecule has 0 spiro atoms. The van der Waals surface area contributed by atoms with E-state index >= 15 is 0 Å². The lowest BCUT2D eigenvalue weighted by Crippen LogP contribution is -2.42. The molecule has 3 aliphatic rings. The fraction of sp³-hybridized carbons (Fsp3) is 0.933. The number of rotatable bonds is 3. The van der Waals surface area contributed by atoms with E-state index in [0.717, 1.165) is 39.0 Å². The molecule has 2 bridgehead atoms. The van der Waals surface area contributed by atoms with Gasteiger partial charge < -0.3 is 15.0 Å². The summed E-state index contributed by atoms with van der Waals surface area (Å²) in [4.78, 5) is 14.7. The summed E-state index contributed by atoms with van der Waals surface area (Å²) in [6.07, 6.45) is 9.04. The molecule has 0 radical (unpaired) electrons. The van der Waals surface area contributed by atoms with Gasteiger partial charge in [-0.05, 0) is 51.5 Å². The Bertz CT molecular complexity index is 307. The molecule has 20 heavy (non-hydrogen) atoms. The minimum Gasteiger partial charge on any atom is -0.378 e. The summed E-state index contributed by atoms with van der Waals surface area (Å²) in [6.45, 7) is 2.94. The Morgan fingerprint density at radius 1 is 1.15 bits per heavy atom. The summed E-state index contributed by atoms with van der Waals surface area (Å²) in [5.41, 5.74) is 0. The molecule has 0 aliphatic carbocycles. The van der Waals surface area contributed by atoms with Gasteiger partial charge in [0.2, 0.25) is 5.91 Å². The van der Waals surface area contributed by atoms with Crippen molar-refractivity contribution in [3.63, 3.8) is 0 Å². The van der Waals surface area contributed by atoms with Crippen molar-refractivity contribution in [2.45, 2.75) is 69.6 Å². The van der Waals surface area contributed by atoms with Crippen LogP contribution in [0.1, 0.15) is 51.4 Å². The number of hydrogen-bond donors (Lipinski definition) is 1. The predicted molar refractivity (Wildman–Crippen MR) is 81.2 cm³/mol. The number of nitrogens with zero attached hydrogens (tertiary/aromatic N) is 1. The van der Waals surface area contributed by atoms with Crippen molar-refractivity contribution in [3.8, 4) is 0 Å².